The molecule has 0 atom stereocenters. The van der Waals surface area contributed by atoms with E-state index in [0.29, 0.717) is 18.7 Å². The van der Waals surface area contributed by atoms with E-state index in [1.807, 2.05) is 32.2 Å². The Hall–Kier alpha value is -0.580. The van der Waals surface area contributed by atoms with Crippen molar-refractivity contribution in [3.63, 3.8) is 0 Å². The topological polar surface area (TPSA) is 46.3 Å². The minimum Gasteiger partial charge on any atom is -0.341 e. The zero-order chi connectivity index (χ0) is 13.9. The number of benzene rings is 1. The van der Waals surface area contributed by atoms with E-state index >= 15 is 0 Å². The molecule has 0 aliphatic carbocycles. The highest BCUT2D eigenvalue weighted by Crippen LogP contribution is 2.21. The number of amides is 1. The summed E-state index contributed by atoms with van der Waals surface area (Å²) in [5.41, 5.74) is 7.45. The minimum atomic E-state index is -0.0679. The molecule has 0 saturated heterocycles. The Kier molecular flexibility index (Phi) is 7.05. The second-order valence-corrected chi connectivity index (χ2v) is 6.37. The summed E-state index contributed by atoms with van der Waals surface area (Å²) >= 11 is 3.44. The monoisotopic (exact) mass is 348 g/mol. The summed E-state index contributed by atoms with van der Waals surface area (Å²) in [5, 5.41) is 0. The van der Waals surface area contributed by atoms with Gasteiger partial charge in [-0.2, -0.15) is 0 Å². The van der Waals surface area contributed by atoms with Crippen molar-refractivity contribution < 1.29 is 4.79 Å². The molecular weight excluding hydrogens is 328 g/mol. The molecule has 0 heterocycles. The minimum absolute atomic E-state index is 0. The van der Waals surface area contributed by atoms with Crippen LogP contribution in [0.4, 0.5) is 0 Å². The first-order valence-electron chi connectivity index (χ1n) is 5.98. The van der Waals surface area contributed by atoms with Gasteiger partial charge in [0.1, 0.15) is 0 Å². The Bertz CT molecular complexity index is 449. The number of carbonyl (C=O) groups excluding carboxylic acids is 1. The van der Waals surface area contributed by atoms with Gasteiger partial charge in [-0.1, -0.05) is 19.9 Å². The third kappa shape index (κ3) is 5.13. The van der Waals surface area contributed by atoms with Crippen LogP contribution in [0.25, 0.3) is 0 Å². The van der Waals surface area contributed by atoms with E-state index in [0.717, 1.165) is 10.0 Å². The zero-order valence-electron chi connectivity index (χ0n) is 11.9. The Balaban J connectivity index is 0.00000324. The van der Waals surface area contributed by atoms with Crippen LogP contribution in [-0.2, 0) is 0 Å². The van der Waals surface area contributed by atoms with Crippen LogP contribution >= 0.6 is 28.3 Å². The fraction of sp³-hybridized carbons (Fsp3) is 0.500. The largest absolute Gasteiger partial charge is 0.341 e. The lowest BCUT2D eigenvalue weighted by Gasteiger charge is -2.29. The normalized spacial score (nSPS) is 10.8. The summed E-state index contributed by atoms with van der Waals surface area (Å²) in [7, 11) is 1.81. The van der Waals surface area contributed by atoms with Crippen LogP contribution in [0.2, 0.25) is 0 Å². The van der Waals surface area contributed by atoms with E-state index in [1.54, 1.807) is 4.90 Å². The SMILES string of the molecule is Cc1ccc(C(=O)N(C)CC(C)(C)CN)c(Br)c1.Cl. The molecular formula is C14H22BrClN2O. The van der Waals surface area contributed by atoms with Gasteiger partial charge in [-0.15, -0.1) is 12.4 Å². The molecule has 0 fully saturated rings. The maximum Gasteiger partial charge on any atom is 0.254 e. The number of hydrogen-bond acceptors (Lipinski definition) is 2. The van der Waals surface area contributed by atoms with Crippen molar-refractivity contribution in [3.05, 3.63) is 33.8 Å². The average molecular weight is 350 g/mol. The maximum absolute atomic E-state index is 12.3. The summed E-state index contributed by atoms with van der Waals surface area (Å²) in [5.74, 6) is 0.0170. The molecule has 1 aromatic carbocycles. The molecule has 3 nitrogen and oxygen atoms in total. The highest BCUT2D eigenvalue weighted by Gasteiger charge is 2.22. The lowest BCUT2D eigenvalue weighted by Crippen LogP contribution is -2.39. The van der Waals surface area contributed by atoms with E-state index in [9.17, 15) is 4.79 Å². The van der Waals surface area contributed by atoms with Gasteiger partial charge in [-0.05, 0) is 52.5 Å². The molecule has 1 aromatic rings. The van der Waals surface area contributed by atoms with Gasteiger partial charge in [-0.3, -0.25) is 4.79 Å². The average Bonchev–Trinajstić information content (AvgIpc) is 2.27. The molecule has 1 amide bonds. The second-order valence-electron chi connectivity index (χ2n) is 5.51. The van der Waals surface area contributed by atoms with Crippen molar-refractivity contribution >= 4 is 34.2 Å². The van der Waals surface area contributed by atoms with E-state index in [1.165, 1.54) is 0 Å². The first kappa shape index (κ1) is 18.4. The molecule has 0 aliphatic heterocycles. The van der Waals surface area contributed by atoms with E-state index in [4.69, 9.17) is 5.73 Å². The summed E-state index contributed by atoms with van der Waals surface area (Å²) in [6, 6.07) is 5.75. The highest BCUT2D eigenvalue weighted by atomic mass is 79.9. The highest BCUT2D eigenvalue weighted by molar-refractivity contribution is 9.10. The number of aryl methyl sites for hydroxylation is 1. The van der Waals surface area contributed by atoms with E-state index < -0.39 is 0 Å². The zero-order valence-corrected chi connectivity index (χ0v) is 14.3. The van der Waals surface area contributed by atoms with Crippen molar-refractivity contribution in [2.24, 2.45) is 11.1 Å². The van der Waals surface area contributed by atoms with Gasteiger partial charge >= 0.3 is 0 Å². The molecule has 0 saturated carbocycles. The maximum atomic E-state index is 12.3. The first-order valence-corrected chi connectivity index (χ1v) is 6.78. The fourth-order valence-electron chi connectivity index (χ4n) is 1.78. The predicted octanol–water partition coefficient (Wildman–Crippen LogP) is 3.24. The van der Waals surface area contributed by atoms with Crippen molar-refractivity contribution in [1.82, 2.24) is 4.90 Å². The Morgan fingerprint density at radius 3 is 2.47 bits per heavy atom. The van der Waals surface area contributed by atoms with Gasteiger partial charge in [0.05, 0.1) is 5.56 Å². The summed E-state index contributed by atoms with van der Waals surface area (Å²) in [4.78, 5) is 14.1. The molecule has 2 N–H and O–H groups in total. The quantitative estimate of drug-likeness (QED) is 0.907. The van der Waals surface area contributed by atoms with Gasteiger partial charge < -0.3 is 10.6 Å². The Labute approximate surface area is 130 Å². The number of nitrogens with two attached hydrogens (primary N) is 1. The van der Waals surface area contributed by atoms with Crippen LogP contribution in [0.5, 0.6) is 0 Å². The molecule has 1 rings (SSSR count). The molecule has 0 aromatic heterocycles. The Morgan fingerprint density at radius 2 is 2.00 bits per heavy atom. The van der Waals surface area contributed by atoms with Gasteiger partial charge in [0.25, 0.3) is 5.91 Å². The summed E-state index contributed by atoms with van der Waals surface area (Å²) < 4.78 is 0.838. The molecule has 19 heavy (non-hydrogen) atoms. The predicted molar refractivity (Wildman–Crippen MR) is 85.9 cm³/mol. The molecule has 0 bridgehead atoms. The van der Waals surface area contributed by atoms with Crippen molar-refractivity contribution in [2.75, 3.05) is 20.1 Å². The van der Waals surface area contributed by atoms with Crippen molar-refractivity contribution in [1.29, 1.82) is 0 Å². The fourth-order valence-corrected chi connectivity index (χ4v) is 2.44. The van der Waals surface area contributed by atoms with Crippen molar-refractivity contribution in [2.45, 2.75) is 20.8 Å². The number of halogens is 2. The van der Waals surface area contributed by atoms with Crippen LogP contribution in [0.3, 0.4) is 0 Å². The summed E-state index contributed by atoms with van der Waals surface area (Å²) in [6.07, 6.45) is 0. The first-order chi connectivity index (χ1) is 8.26. The van der Waals surface area contributed by atoms with Gasteiger partial charge in [0.2, 0.25) is 0 Å². The van der Waals surface area contributed by atoms with Gasteiger partial charge in [-0.25, -0.2) is 0 Å². The van der Waals surface area contributed by atoms with Crippen LogP contribution in [0, 0.1) is 12.3 Å². The lowest BCUT2D eigenvalue weighted by atomic mass is 9.93. The van der Waals surface area contributed by atoms with Crippen LogP contribution in [0.1, 0.15) is 29.8 Å². The third-order valence-corrected chi connectivity index (χ3v) is 3.58. The molecule has 0 unspecified atom stereocenters. The molecule has 0 radical (unpaired) electrons. The second kappa shape index (κ2) is 7.27. The molecule has 0 spiro atoms. The number of rotatable bonds is 4. The van der Waals surface area contributed by atoms with Crippen LogP contribution in [-0.4, -0.2) is 30.9 Å². The van der Waals surface area contributed by atoms with Crippen molar-refractivity contribution in [3.8, 4) is 0 Å². The van der Waals surface area contributed by atoms with Crippen LogP contribution < -0.4 is 5.73 Å². The standard InChI is InChI=1S/C14H21BrN2O.ClH/c1-10-5-6-11(12(15)7-10)13(18)17(4)9-14(2,3)8-16;/h5-7H,8-9,16H2,1-4H3;1H. The van der Waals surface area contributed by atoms with Gasteiger partial charge in [0, 0.05) is 18.1 Å². The van der Waals surface area contributed by atoms with Gasteiger partial charge in [0.15, 0.2) is 0 Å². The number of hydrogen-bond donors (Lipinski definition) is 1. The Morgan fingerprint density at radius 1 is 1.42 bits per heavy atom. The van der Waals surface area contributed by atoms with E-state index in [2.05, 4.69) is 29.8 Å². The number of nitrogens with zero attached hydrogens (tertiary/aromatic N) is 1. The van der Waals surface area contributed by atoms with E-state index in [-0.39, 0.29) is 23.7 Å². The number of carbonyl (C=O) groups is 1. The smallest absolute Gasteiger partial charge is 0.254 e. The molecule has 5 heteroatoms. The molecule has 0 aliphatic rings. The molecule has 108 valence electrons. The third-order valence-electron chi connectivity index (χ3n) is 2.92. The lowest BCUT2D eigenvalue weighted by molar-refractivity contribution is 0.0739. The summed E-state index contributed by atoms with van der Waals surface area (Å²) in [6.45, 7) is 7.31. The van der Waals surface area contributed by atoms with Crippen LogP contribution in [0.15, 0.2) is 22.7 Å².